The van der Waals surface area contributed by atoms with Crippen LogP contribution in [0.4, 0.5) is 4.39 Å². The molecule has 0 radical (unpaired) electrons. The molecule has 0 aliphatic carbocycles. The van der Waals surface area contributed by atoms with Gasteiger partial charge in [0.15, 0.2) is 0 Å². The van der Waals surface area contributed by atoms with Gasteiger partial charge in [-0.1, -0.05) is 19.1 Å². The van der Waals surface area contributed by atoms with Crippen molar-refractivity contribution >= 4 is 0 Å². The summed E-state index contributed by atoms with van der Waals surface area (Å²) < 4.78 is 13.3. The van der Waals surface area contributed by atoms with Crippen LogP contribution in [0.2, 0.25) is 0 Å². The van der Waals surface area contributed by atoms with Crippen molar-refractivity contribution in [1.29, 1.82) is 0 Å². The Labute approximate surface area is 109 Å². The van der Waals surface area contributed by atoms with Gasteiger partial charge in [0.05, 0.1) is 0 Å². The lowest BCUT2D eigenvalue weighted by atomic mass is 9.91. The number of benzene rings is 1. The van der Waals surface area contributed by atoms with E-state index in [9.17, 15) is 4.39 Å². The van der Waals surface area contributed by atoms with E-state index in [0.29, 0.717) is 18.5 Å². The maximum Gasteiger partial charge on any atom is 0.123 e. The van der Waals surface area contributed by atoms with Crippen molar-refractivity contribution in [2.75, 3.05) is 13.1 Å². The van der Waals surface area contributed by atoms with E-state index in [2.05, 4.69) is 18.7 Å². The Morgan fingerprint density at radius 2 is 2.17 bits per heavy atom. The SMILES string of the molecule is CC1CCC(C)N(C(CN)c2cccc(F)c2)C1. The largest absolute Gasteiger partial charge is 0.329 e. The van der Waals surface area contributed by atoms with Crippen LogP contribution >= 0.6 is 0 Å². The molecule has 1 fully saturated rings. The van der Waals surface area contributed by atoms with Gasteiger partial charge in [0.2, 0.25) is 0 Å². The van der Waals surface area contributed by atoms with Crippen molar-refractivity contribution in [2.24, 2.45) is 11.7 Å². The molecule has 1 saturated heterocycles. The molecule has 1 heterocycles. The van der Waals surface area contributed by atoms with Gasteiger partial charge in [-0.15, -0.1) is 0 Å². The van der Waals surface area contributed by atoms with Gasteiger partial charge in [0, 0.05) is 25.2 Å². The van der Waals surface area contributed by atoms with Gasteiger partial charge in [-0.2, -0.15) is 0 Å². The summed E-state index contributed by atoms with van der Waals surface area (Å²) in [4.78, 5) is 2.43. The van der Waals surface area contributed by atoms with E-state index in [1.165, 1.54) is 18.9 Å². The molecule has 0 bridgehead atoms. The molecule has 0 aromatic heterocycles. The Bertz CT molecular complexity index is 394. The zero-order valence-electron chi connectivity index (χ0n) is 11.3. The first kappa shape index (κ1) is 13.5. The third-order valence-corrected chi connectivity index (χ3v) is 4.02. The molecule has 1 aromatic rings. The zero-order valence-corrected chi connectivity index (χ0v) is 11.3. The molecular weight excluding hydrogens is 227 g/mol. The highest BCUT2D eigenvalue weighted by molar-refractivity contribution is 5.21. The van der Waals surface area contributed by atoms with E-state index in [-0.39, 0.29) is 11.9 Å². The average molecular weight is 250 g/mol. The summed E-state index contributed by atoms with van der Waals surface area (Å²) in [5.74, 6) is 0.521. The molecule has 2 nitrogen and oxygen atoms in total. The number of halogens is 1. The summed E-state index contributed by atoms with van der Waals surface area (Å²) in [5.41, 5.74) is 6.93. The minimum absolute atomic E-state index is 0.137. The summed E-state index contributed by atoms with van der Waals surface area (Å²) in [7, 11) is 0. The second-order valence-corrected chi connectivity index (χ2v) is 5.53. The van der Waals surface area contributed by atoms with Gasteiger partial charge < -0.3 is 5.73 Å². The first-order valence-electron chi connectivity index (χ1n) is 6.83. The fourth-order valence-corrected chi connectivity index (χ4v) is 2.93. The smallest absolute Gasteiger partial charge is 0.123 e. The number of nitrogens with zero attached hydrogens (tertiary/aromatic N) is 1. The highest BCUT2D eigenvalue weighted by Crippen LogP contribution is 2.30. The summed E-state index contributed by atoms with van der Waals surface area (Å²) >= 11 is 0. The molecule has 1 aliphatic rings. The van der Waals surface area contributed by atoms with Crippen LogP contribution in [0.15, 0.2) is 24.3 Å². The Hall–Kier alpha value is -0.930. The maximum absolute atomic E-state index is 13.3. The standard InChI is InChI=1S/C15H23FN2/c1-11-6-7-12(2)18(10-11)15(9-17)13-4-3-5-14(16)8-13/h3-5,8,11-12,15H,6-7,9-10,17H2,1-2H3. The minimum Gasteiger partial charge on any atom is -0.329 e. The van der Waals surface area contributed by atoms with Crippen LogP contribution in [0.1, 0.15) is 38.3 Å². The molecule has 3 unspecified atom stereocenters. The first-order chi connectivity index (χ1) is 8.61. The normalized spacial score (nSPS) is 27.1. The lowest BCUT2D eigenvalue weighted by Crippen LogP contribution is -2.45. The average Bonchev–Trinajstić information content (AvgIpc) is 2.35. The minimum atomic E-state index is -0.177. The van der Waals surface area contributed by atoms with E-state index >= 15 is 0 Å². The summed E-state index contributed by atoms with van der Waals surface area (Å²) in [6.07, 6.45) is 2.48. The Kier molecular flexibility index (Phi) is 4.36. The van der Waals surface area contributed by atoms with Crippen LogP contribution in [-0.4, -0.2) is 24.0 Å². The number of likely N-dealkylation sites (tertiary alicyclic amines) is 1. The van der Waals surface area contributed by atoms with Crippen molar-refractivity contribution in [3.63, 3.8) is 0 Å². The molecule has 18 heavy (non-hydrogen) atoms. The highest BCUT2D eigenvalue weighted by Gasteiger charge is 2.29. The second-order valence-electron chi connectivity index (χ2n) is 5.53. The topological polar surface area (TPSA) is 29.3 Å². The predicted molar refractivity (Wildman–Crippen MR) is 72.8 cm³/mol. The highest BCUT2D eigenvalue weighted by atomic mass is 19.1. The fraction of sp³-hybridized carbons (Fsp3) is 0.600. The lowest BCUT2D eigenvalue weighted by molar-refractivity contribution is 0.0797. The molecule has 100 valence electrons. The third kappa shape index (κ3) is 2.90. The van der Waals surface area contributed by atoms with E-state index < -0.39 is 0 Å². The molecule has 1 aliphatic heterocycles. The molecule has 2 N–H and O–H groups in total. The Morgan fingerprint density at radius 3 is 2.83 bits per heavy atom. The lowest BCUT2D eigenvalue weighted by Gasteiger charge is -2.42. The molecule has 0 spiro atoms. The molecule has 2 rings (SSSR count). The second kappa shape index (κ2) is 5.81. The van der Waals surface area contributed by atoms with Crippen LogP contribution in [0.3, 0.4) is 0 Å². The molecular formula is C15H23FN2. The third-order valence-electron chi connectivity index (χ3n) is 4.02. The van der Waals surface area contributed by atoms with Crippen LogP contribution in [-0.2, 0) is 0 Å². The van der Waals surface area contributed by atoms with Crippen molar-refractivity contribution in [2.45, 2.75) is 38.8 Å². The van der Waals surface area contributed by atoms with Crippen molar-refractivity contribution in [3.8, 4) is 0 Å². The monoisotopic (exact) mass is 250 g/mol. The van der Waals surface area contributed by atoms with E-state index in [1.807, 2.05) is 6.07 Å². The van der Waals surface area contributed by atoms with Crippen molar-refractivity contribution in [3.05, 3.63) is 35.6 Å². The van der Waals surface area contributed by atoms with Gasteiger partial charge in [-0.25, -0.2) is 4.39 Å². The number of piperidine rings is 1. The van der Waals surface area contributed by atoms with Gasteiger partial charge >= 0.3 is 0 Å². The van der Waals surface area contributed by atoms with Gasteiger partial charge in [-0.05, 0) is 43.4 Å². The molecule has 3 atom stereocenters. The van der Waals surface area contributed by atoms with Crippen LogP contribution in [0.25, 0.3) is 0 Å². The molecule has 1 aromatic carbocycles. The van der Waals surface area contributed by atoms with Crippen molar-refractivity contribution < 1.29 is 4.39 Å². The van der Waals surface area contributed by atoms with Gasteiger partial charge in [0.25, 0.3) is 0 Å². The zero-order chi connectivity index (χ0) is 13.1. The Morgan fingerprint density at radius 1 is 1.39 bits per heavy atom. The fourth-order valence-electron chi connectivity index (χ4n) is 2.93. The van der Waals surface area contributed by atoms with Crippen LogP contribution in [0.5, 0.6) is 0 Å². The summed E-state index contributed by atoms with van der Waals surface area (Å²) in [6, 6.07) is 7.51. The summed E-state index contributed by atoms with van der Waals surface area (Å²) in [6.45, 7) is 6.12. The molecule has 0 saturated carbocycles. The predicted octanol–water partition coefficient (Wildman–Crippen LogP) is 2.95. The Balaban J connectivity index is 2.21. The van der Waals surface area contributed by atoms with Crippen LogP contribution in [0, 0.1) is 11.7 Å². The molecule has 0 amide bonds. The van der Waals surface area contributed by atoms with Crippen molar-refractivity contribution in [1.82, 2.24) is 4.90 Å². The molecule has 3 heteroatoms. The number of hydrogen-bond donors (Lipinski definition) is 1. The first-order valence-corrected chi connectivity index (χ1v) is 6.83. The summed E-state index contributed by atoms with van der Waals surface area (Å²) in [5, 5.41) is 0. The van der Waals surface area contributed by atoms with E-state index in [1.54, 1.807) is 12.1 Å². The number of hydrogen-bond acceptors (Lipinski definition) is 2. The van der Waals surface area contributed by atoms with Gasteiger partial charge in [0.1, 0.15) is 5.82 Å². The number of rotatable bonds is 3. The van der Waals surface area contributed by atoms with E-state index in [4.69, 9.17) is 5.73 Å². The van der Waals surface area contributed by atoms with Gasteiger partial charge in [-0.3, -0.25) is 4.90 Å². The van der Waals surface area contributed by atoms with Crippen LogP contribution < -0.4 is 5.73 Å². The number of nitrogens with two attached hydrogens (primary N) is 1. The quantitative estimate of drug-likeness (QED) is 0.893. The van der Waals surface area contributed by atoms with E-state index in [0.717, 1.165) is 12.1 Å². The maximum atomic E-state index is 13.3.